The molecule has 0 atom stereocenters. The van der Waals surface area contributed by atoms with Crippen LogP contribution in [-0.2, 0) is 14.4 Å². The van der Waals surface area contributed by atoms with Gasteiger partial charge in [-0.05, 0) is 31.9 Å². The fraction of sp³-hybridized carbons (Fsp3) is 0.727. The minimum atomic E-state index is -3.59. The molecular weight excluding hydrogens is 418 g/mol. The highest BCUT2D eigenvalue weighted by Gasteiger charge is 2.16. The molecule has 0 spiro atoms. The van der Waals surface area contributed by atoms with E-state index in [2.05, 4.69) is 22.0 Å². The molecule has 1 rings (SSSR count). The molecule has 0 heterocycles. The smallest absolute Gasteiger partial charge is 0.313 e. The molecule has 0 radical (unpaired) electrons. The van der Waals surface area contributed by atoms with Crippen molar-refractivity contribution in [2.24, 2.45) is 0 Å². The van der Waals surface area contributed by atoms with Gasteiger partial charge in [-0.1, -0.05) is 69.0 Å². The second-order valence-electron chi connectivity index (χ2n) is 8.13. The summed E-state index contributed by atoms with van der Waals surface area (Å²) >= 11 is 0. The predicted octanol–water partition coefficient (Wildman–Crippen LogP) is 4.52. The Morgan fingerprint density at radius 1 is 0.968 bits per heavy atom. The Morgan fingerprint density at radius 3 is 2.03 bits per heavy atom. The summed E-state index contributed by atoms with van der Waals surface area (Å²) < 4.78 is 27.4. The third kappa shape index (κ3) is 11.5. The minimum Gasteiger partial charge on any atom is -0.371 e. The number of nitrogens with zero attached hydrogens (tertiary/aromatic N) is 2. The summed E-state index contributed by atoms with van der Waals surface area (Å²) in [4.78, 5) is 12.8. The average Bonchev–Trinajstić information content (AvgIpc) is 2.73. The highest BCUT2D eigenvalue weighted by molar-refractivity contribution is 7.86. The third-order valence-electron chi connectivity index (χ3n) is 5.53. The molecule has 0 fully saturated rings. The Hall–Kier alpha value is -1.71. The first-order chi connectivity index (χ1) is 14.8. The van der Waals surface area contributed by atoms with Gasteiger partial charge in [0, 0.05) is 30.4 Å². The van der Waals surface area contributed by atoms with E-state index in [0.717, 1.165) is 25.1 Å². The van der Waals surface area contributed by atoms with Crippen LogP contribution in [0.1, 0.15) is 83.1 Å². The van der Waals surface area contributed by atoms with E-state index in [1.54, 1.807) is 19.1 Å². The van der Waals surface area contributed by atoms with E-state index in [9.17, 15) is 18.5 Å². The Labute approximate surface area is 187 Å². The number of anilines is 1. The highest BCUT2D eigenvalue weighted by atomic mass is 32.2. The van der Waals surface area contributed by atoms with E-state index in [4.69, 9.17) is 0 Å². The van der Waals surface area contributed by atoms with Crippen LogP contribution >= 0.6 is 0 Å². The van der Waals surface area contributed by atoms with Crippen LogP contribution in [-0.4, -0.2) is 32.2 Å². The summed E-state index contributed by atoms with van der Waals surface area (Å²) in [5, 5.41) is 11.1. The van der Waals surface area contributed by atoms with Crippen molar-refractivity contribution in [3.05, 3.63) is 33.9 Å². The van der Waals surface area contributed by atoms with Crippen molar-refractivity contribution >= 4 is 21.5 Å². The molecule has 0 amide bonds. The Kier molecular flexibility index (Phi) is 13.4. The largest absolute Gasteiger partial charge is 0.371 e. The SMILES string of the molecule is CCCCCCCCCCCCN(CCCS(=O)(=O)O[NH3+])c1ccc([N+](=O)[O-])c(C)c1. The first-order valence-electron chi connectivity index (χ1n) is 11.5. The van der Waals surface area contributed by atoms with Gasteiger partial charge in [-0.3, -0.25) is 10.1 Å². The lowest BCUT2D eigenvalue weighted by molar-refractivity contribution is -0.634. The summed E-state index contributed by atoms with van der Waals surface area (Å²) in [5.74, 6) is 2.89. The Balaban J connectivity index is 2.54. The van der Waals surface area contributed by atoms with Gasteiger partial charge < -0.3 is 4.90 Å². The fourth-order valence-electron chi connectivity index (χ4n) is 3.69. The fourth-order valence-corrected chi connectivity index (χ4v) is 4.29. The van der Waals surface area contributed by atoms with Gasteiger partial charge >= 0.3 is 10.1 Å². The van der Waals surface area contributed by atoms with E-state index < -0.39 is 10.1 Å². The summed E-state index contributed by atoms with van der Waals surface area (Å²) in [7, 11) is -3.59. The molecular formula is C22H40N3O5S+. The van der Waals surface area contributed by atoms with Crippen LogP contribution in [0.5, 0.6) is 0 Å². The van der Waals surface area contributed by atoms with Crippen molar-refractivity contribution in [1.29, 1.82) is 0 Å². The van der Waals surface area contributed by atoms with Crippen LogP contribution in [0.4, 0.5) is 11.4 Å². The zero-order valence-electron chi connectivity index (χ0n) is 19.2. The summed E-state index contributed by atoms with van der Waals surface area (Å²) in [5.41, 5.74) is 1.58. The number of nitro groups is 1. The highest BCUT2D eigenvalue weighted by Crippen LogP contribution is 2.25. The first-order valence-corrected chi connectivity index (χ1v) is 13.0. The Bertz CT molecular complexity index is 756. The lowest BCUT2D eigenvalue weighted by atomic mass is 10.1. The number of nitro benzene ring substituents is 1. The maximum Gasteiger partial charge on any atom is 0.313 e. The average molecular weight is 459 g/mol. The second-order valence-corrected chi connectivity index (χ2v) is 9.89. The van der Waals surface area contributed by atoms with Crippen LogP contribution in [0, 0.1) is 17.0 Å². The topological polar surface area (TPSA) is 117 Å². The number of unbranched alkanes of at least 4 members (excludes halogenated alkanes) is 9. The van der Waals surface area contributed by atoms with Crippen molar-refractivity contribution in [3.8, 4) is 0 Å². The molecule has 1 aromatic carbocycles. The maximum atomic E-state index is 11.6. The summed E-state index contributed by atoms with van der Waals surface area (Å²) in [6, 6.07) is 5.07. The van der Waals surface area contributed by atoms with Crippen molar-refractivity contribution in [2.75, 3.05) is 23.7 Å². The number of benzene rings is 1. The number of hydrogen-bond acceptors (Lipinski definition) is 6. The maximum absolute atomic E-state index is 11.6. The van der Waals surface area contributed by atoms with Gasteiger partial charge in [-0.2, -0.15) is 14.3 Å². The molecule has 9 heteroatoms. The lowest BCUT2D eigenvalue weighted by Gasteiger charge is -2.25. The number of rotatable bonds is 18. The molecule has 0 aromatic heterocycles. The van der Waals surface area contributed by atoms with Gasteiger partial charge in [0.1, 0.15) is 0 Å². The first kappa shape index (κ1) is 27.3. The molecule has 31 heavy (non-hydrogen) atoms. The van der Waals surface area contributed by atoms with Gasteiger partial charge in [0.2, 0.25) is 0 Å². The monoisotopic (exact) mass is 458 g/mol. The van der Waals surface area contributed by atoms with Gasteiger partial charge in [0.15, 0.2) is 0 Å². The van der Waals surface area contributed by atoms with Gasteiger partial charge in [0.25, 0.3) is 5.69 Å². The van der Waals surface area contributed by atoms with Crippen LogP contribution in [0.15, 0.2) is 18.2 Å². The molecule has 8 nitrogen and oxygen atoms in total. The molecule has 0 unspecified atom stereocenters. The molecule has 0 bridgehead atoms. The molecule has 0 saturated heterocycles. The molecule has 3 N–H and O–H groups in total. The van der Waals surface area contributed by atoms with E-state index in [-0.39, 0.29) is 16.4 Å². The van der Waals surface area contributed by atoms with Crippen molar-refractivity contribution in [2.45, 2.75) is 84.5 Å². The summed E-state index contributed by atoms with van der Waals surface area (Å²) in [6.07, 6.45) is 12.9. The third-order valence-corrected chi connectivity index (χ3v) is 6.67. The lowest BCUT2D eigenvalue weighted by Crippen LogP contribution is -2.51. The van der Waals surface area contributed by atoms with Gasteiger partial charge in [-0.15, -0.1) is 0 Å². The predicted molar refractivity (Wildman–Crippen MR) is 124 cm³/mol. The van der Waals surface area contributed by atoms with Crippen LogP contribution in [0.25, 0.3) is 0 Å². The Morgan fingerprint density at radius 2 is 1.52 bits per heavy atom. The molecule has 0 saturated carbocycles. The van der Waals surface area contributed by atoms with Crippen molar-refractivity contribution in [1.82, 2.24) is 0 Å². The quantitative estimate of drug-likeness (QED) is 0.196. The van der Waals surface area contributed by atoms with E-state index in [1.807, 2.05) is 0 Å². The normalized spacial score (nSPS) is 11.6. The van der Waals surface area contributed by atoms with E-state index in [1.165, 1.54) is 57.4 Å². The van der Waals surface area contributed by atoms with Crippen LogP contribution in [0.3, 0.4) is 0 Å². The van der Waals surface area contributed by atoms with Crippen LogP contribution in [0.2, 0.25) is 0 Å². The molecule has 178 valence electrons. The van der Waals surface area contributed by atoms with E-state index in [0.29, 0.717) is 18.5 Å². The zero-order valence-corrected chi connectivity index (χ0v) is 20.0. The van der Waals surface area contributed by atoms with Crippen LogP contribution < -0.4 is 10.8 Å². The van der Waals surface area contributed by atoms with Gasteiger partial charge in [-0.25, -0.2) is 0 Å². The summed E-state index contributed by atoms with van der Waals surface area (Å²) in [6.45, 7) is 5.28. The second kappa shape index (κ2) is 15.2. The molecule has 0 aliphatic carbocycles. The van der Waals surface area contributed by atoms with Gasteiger partial charge in [0.05, 0.1) is 10.7 Å². The van der Waals surface area contributed by atoms with E-state index >= 15 is 0 Å². The standard InChI is InChI=1S/C22H40N3O5S/c1-3-4-5-6-7-8-9-10-11-12-16-24(17-13-18-31(28,29)30-23)21-14-15-22(25(26)27)20(2)19-21/h14-15,19H,3-13,16-18H2,1-2,23H3/q+1. The van der Waals surface area contributed by atoms with Crippen molar-refractivity contribution < 1.29 is 23.5 Å². The number of aryl methyl sites for hydroxylation is 1. The molecule has 0 aliphatic rings. The molecule has 0 aliphatic heterocycles. The zero-order chi connectivity index (χ0) is 23.1. The number of quaternary nitrogens is 1. The minimum absolute atomic E-state index is 0.0932. The van der Waals surface area contributed by atoms with Crippen molar-refractivity contribution in [3.63, 3.8) is 0 Å². The molecule has 1 aromatic rings. The number of hydrogen-bond donors (Lipinski definition) is 1.